The fraction of sp³-hybridized carbons (Fsp3) is 0.611. The van der Waals surface area contributed by atoms with Crippen molar-refractivity contribution in [2.45, 2.75) is 59.4 Å². The number of halogens is 2. The molecular weight excluding hydrogens is 284 g/mol. The summed E-state index contributed by atoms with van der Waals surface area (Å²) in [6, 6.07) is 3.52. The number of carbonyl (C=O) groups is 1. The van der Waals surface area contributed by atoms with Crippen LogP contribution in [0.3, 0.4) is 0 Å². The predicted octanol–water partition coefficient (Wildman–Crippen LogP) is 4.47. The molecule has 0 radical (unpaired) electrons. The molecule has 0 saturated carbocycles. The van der Waals surface area contributed by atoms with Gasteiger partial charge >= 0.3 is 0 Å². The van der Waals surface area contributed by atoms with Crippen molar-refractivity contribution in [3.63, 3.8) is 0 Å². The summed E-state index contributed by atoms with van der Waals surface area (Å²) in [7, 11) is 0. The van der Waals surface area contributed by atoms with Gasteiger partial charge < -0.3 is 5.32 Å². The van der Waals surface area contributed by atoms with Crippen LogP contribution in [0.1, 0.15) is 53.0 Å². The Hall–Kier alpha value is -1.45. The van der Waals surface area contributed by atoms with Crippen molar-refractivity contribution >= 4 is 5.91 Å². The van der Waals surface area contributed by atoms with Crippen LogP contribution in [0.25, 0.3) is 0 Å². The molecule has 22 heavy (non-hydrogen) atoms. The highest BCUT2D eigenvalue weighted by Crippen LogP contribution is 2.20. The van der Waals surface area contributed by atoms with Crippen molar-refractivity contribution in [1.29, 1.82) is 0 Å². The number of carbonyl (C=O) groups excluding carboxylic acids is 1. The van der Waals surface area contributed by atoms with Gasteiger partial charge in [-0.1, -0.05) is 13.8 Å². The Morgan fingerprint density at radius 1 is 1.14 bits per heavy atom. The number of benzene rings is 1. The smallest absolute Gasteiger partial charge is 0.223 e. The molecule has 0 spiro atoms. The molecule has 0 aliphatic heterocycles. The first kappa shape index (κ1) is 18.6. The second-order valence-corrected chi connectivity index (χ2v) is 7.38. The summed E-state index contributed by atoms with van der Waals surface area (Å²) >= 11 is 0. The van der Waals surface area contributed by atoms with Gasteiger partial charge in [-0.3, -0.25) is 4.79 Å². The van der Waals surface area contributed by atoms with Gasteiger partial charge in [0.25, 0.3) is 0 Å². The third-order valence-electron chi connectivity index (χ3n) is 3.33. The molecule has 0 aliphatic rings. The van der Waals surface area contributed by atoms with Crippen molar-refractivity contribution in [2.24, 2.45) is 11.8 Å². The molecule has 4 heteroatoms. The summed E-state index contributed by atoms with van der Waals surface area (Å²) in [5, 5.41) is 3.00. The summed E-state index contributed by atoms with van der Waals surface area (Å²) in [6.45, 7) is 9.97. The van der Waals surface area contributed by atoms with E-state index < -0.39 is 11.6 Å². The average molecular weight is 311 g/mol. The maximum atomic E-state index is 13.2. The van der Waals surface area contributed by atoms with Crippen molar-refractivity contribution in [2.75, 3.05) is 0 Å². The number of hydrogen-bond acceptors (Lipinski definition) is 1. The molecule has 0 heterocycles. The molecule has 1 aromatic carbocycles. The van der Waals surface area contributed by atoms with E-state index in [2.05, 4.69) is 19.2 Å². The lowest BCUT2D eigenvalue weighted by Gasteiger charge is -2.26. The van der Waals surface area contributed by atoms with Crippen LogP contribution < -0.4 is 5.32 Å². The van der Waals surface area contributed by atoms with E-state index in [1.165, 1.54) is 12.1 Å². The molecule has 0 aromatic heterocycles. The van der Waals surface area contributed by atoms with Crippen LogP contribution in [0.4, 0.5) is 8.78 Å². The van der Waals surface area contributed by atoms with Crippen molar-refractivity contribution in [3.05, 3.63) is 35.4 Å². The second kappa shape index (κ2) is 7.70. The van der Waals surface area contributed by atoms with Crippen LogP contribution in [0.5, 0.6) is 0 Å². The molecule has 0 bridgehead atoms. The fourth-order valence-electron chi connectivity index (χ4n) is 2.49. The standard InChI is InChI=1S/C18H27F2NO/c1-12(2)8-14(17(22)21-18(3,4)5)7-6-13-9-15(19)11-16(20)10-13/h9-12,14H,6-8H2,1-5H3,(H,21,22). The van der Waals surface area contributed by atoms with Gasteiger partial charge in [-0.15, -0.1) is 0 Å². The summed E-state index contributed by atoms with van der Waals surface area (Å²) < 4.78 is 26.4. The highest BCUT2D eigenvalue weighted by atomic mass is 19.1. The molecular formula is C18H27F2NO. The molecule has 0 fully saturated rings. The highest BCUT2D eigenvalue weighted by Gasteiger charge is 2.23. The SMILES string of the molecule is CC(C)CC(CCc1cc(F)cc(F)c1)C(=O)NC(C)(C)C. The molecule has 1 amide bonds. The van der Waals surface area contributed by atoms with Gasteiger partial charge in [0, 0.05) is 17.5 Å². The maximum Gasteiger partial charge on any atom is 0.223 e. The minimum atomic E-state index is -0.574. The Morgan fingerprint density at radius 3 is 2.14 bits per heavy atom. The summed E-state index contributed by atoms with van der Waals surface area (Å²) in [6.07, 6.45) is 1.84. The highest BCUT2D eigenvalue weighted by molar-refractivity contribution is 5.79. The normalized spacial score (nSPS) is 13.3. The molecule has 1 atom stereocenters. The topological polar surface area (TPSA) is 29.1 Å². The third-order valence-corrected chi connectivity index (χ3v) is 3.33. The lowest BCUT2D eigenvalue weighted by molar-refractivity contribution is -0.127. The molecule has 1 unspecified atom stereocenters. The minimum absolute atomic E-state index is 0.0121. The first-order valence-corrected chi connectivity index (χ1v) is 7.84. The third kappa shape index (κ3) is 7.01. The van der Waals surface area contributed by atoms with Crippen LogP contribution in [0.15, 0.2) is 18.2 Å². The zero-order valence-electron chi connectivity index (χ0n) is 14.2. The summed E-state index contributed by atoms with van der Waals surface area (Å²) in [5.41, 5.74) is 0.312. The Labute approximate surface area is 132 Å². The van der Waals surface area contributed by atoms with Gasteiger partial charge in [-0.05, 0) is 63.6 Å². The van der Waals surface area contributed by atoms with E-state index in [1.54, 1.807) is 0 Å². The first-order valence-electron chi connectivity index (χ1n) is 7.84. The van der Waals surface area contributed by atoms with E-state index in [4.69, 9.17) is 0 Å². The van der Waals surface area contributed by atoms with Crippen LogP contribution in [-0.4, -0.2) is 11.4 Å². The van der Waals surface area contributed by atoms with Gasteiger partial charge in [0.1, 0.15) is 11.6 Å². The Morgan fingerprint density at radius 2 is 1.68 bits per heavy atom. The van der Waals surface area contributed by atoms with E-state index in [-0.39, 0.29) is 17.4 Å². The van der Waals surface area contributed by atoms with Crippen LogP contribution >= 0.6 is 0 Å². The predicted molar refractivity (Wildman–Crippen MR) is 85.5 cm³/mol. The Balaban J connectivity index is 2.74. The monoisotopic (exact) mass is 311 g/mol. The minimum Gasteiger partial charge on any atom is -0.351 e. The van der Waals surface area contributed by atoms with Crippen molar-refractivity contribution in [3.8, 4) is 0 Å². The first-order chi connectivity index (χ1) is 10.1. The van der Waals surface area contributed by atoms with E-state index in [9.17, 15) is 13.6 Å². The Bertz CT molecular complexity index is 486. The van der Waals surface area contributed by atoms with Gasteiger partial charge in [-0.25, -0.2) is 8.78 Å². The van der Waals surface area contributed by atoms with Crippen LogP contribution in [-0.2, 0) is 11.2 Å². The summed E-state index contributed by atoms with van der Waals surface area (Å²) in [4.78, 5) is 12.4. The lowest BCUT2D eigenvalue weighted by atomic mass is 9.89. The zero-order chi connectivity index (χ0) is 16.9. The van der Waals surface area contributed by atoms with Crippen molar-refractivity contribution in [1.82, 2.24) is 5.32 Å². The Kier molecular flexibility index (Phi) is 6.51. The van der Waals surface area contributed by atoms with E-state index in [1.807, 2.05) is 20.8 Å². The maximum absolute atomic E-state index is 13.2. The number of hydrogen-bond donors (Lipinski definition) is 1. The average Bonchev–Trinajstić information content (AvgIpc) is 2.30. The molecule has 1 rings (SSSR count). The lowest BCUT2D eigenvalue weighted by Crippen LogP contribution is -2.44. The number of nitrogens with one attached hydrogen (secondary N) is 1. The van der Waals surface area contributed by atoms with E-state index >= 15 is 0 Å². The quantitative estimate of drug-likeness (QED) is 0.825. The number of rotatable bonds is 6. The molecule has 0 saturated heterocycles. The van der Waals surface area contributed by atoms with Crippen LogP contribution in [0, 0.1) is 23.5 Å². The number of amides is 1. The molecule has 0 aliphatic carbocycles. The van der Waals surface area contributed by atoms with Gasteiger partial charge in [0.05, 0.1) is 0 Å². The second-order valence-electron chi connectivity index (χ2n) is 7.38. The molecule has 1 aromatic rings. The molecule has 1 N–H and O–H groups in total. The largest absolute Gasteiger partial charge is 0.351 e. The summed E-state index contributed by atoms with van der Waals surface area (Å²) in [5.74, 6) is -0.896. The van der Waals surface area contributed by atoms with Crippen molar-refractivity contribution < 1.29 is 13.6 Å². The molecule has 2 nitrogen and oxygen atoms in total. The number of aryl methyl sites for hydroxylation is 1. The van der Waals surface area contributed by atoms with Crippen LogP contribution in [0.2, 0.25) is 0 Å². The van der Waals surface area contributed by atoms with Gasteiger partial charge in [0.15, 0.2) is 0 Å². The van der Waals surface area contributed by atoms with Gasteiger partial charge in [-0.2, -0.15) is 0 Å². The molecule has 124 valence electrons. The fourth-order valence-corrected chi connectivity index (χ4v) is 2.49. The zero-order valence-corrected chi connectivity index (χ0v) is 14.2. The van der Waals surface area contributed by atoms with Gasteiger partial charge in [0.2, 0.25) is 5.91 Å². The van der Waals surface area contributed by atoms with E-state index in [0.29, 0.717) is 24.3 Å². The van der Waals surface area contributed by atoms with E-state index in [0.717, 1.165) is 12.5 Å².